The van der Waals surface area contributed by atoms with Gasteiger partial charge in [0, 0.05) is 11.6 Å². The summed E-state index contributed by atoms with van der Waals surface area (Å²) in [5.74, 6) is 0. The predicted molar refractivity (Wildman–Crippen MR) is 86.2 cm³/mol. The maximum absolute atomic E-state index is 12.7. The third-order valence-corrected chi connectivity index (χ3v) is 5.81. The molecule has 0 aliphatic heterocycles. The van der Waals surface area contributed by atoms with Gasteiger partial charge >= 0.3 is 0 Å². The van der Waals surface area contributed by atoms with Gasteiger partial charge in [0.25, 0.3) is 10.0 Å². The van der Waals surface area contributed by atoms with Crippen LogP contribution in [0, 0.1) is 15.0 Å². The summed E-state index contributed by atoms with van der Waals surface area (Å²) >= 11 is 1.95. The molecule has 0 unspecified atom stereocenters. The summed E-state index contributed by atoms with van der Waals surface area (Å²) in [6.07, 6.45) is 1.37. The molecule has 0 spiro atoms. The van der Waals surface area contributed by atoms with Crippen LogP contribution in [0.1, 0.15) is 5.56 Å². The van der Waals surface area contributed by atoms with Gasteiger partial charge in [0.1, 0.15) is 6.07 Å². The first-order chi connectivity index (χ1) is 10.0. The Hall–Kier alpha value is -1.92. The summed E-state index contributed by atoms with van der Waals surface area (Å²) in [4.78, 5) is 4.32. The molecule has 0 N–H and O–H groups in total. The third-order valence-electron chi connectivity index (χ3n) is 2.97. The maximum Gasteiger partial charge on any atom is 0.270 e. The van der Waals surface area contributed by atoms with Gasteiger partial charge in [-0.15, -0.1) is 0 Å². The van der Waals surface area contributed by atoms with Crippen LogP contribution < -0.4 is 0 Å². The Bertz CT molecular complexity index is 973. The van der Waals surface area contributed by atoms with Crippen molar-refractivity contribution in [3.05, 3.63) is 57.9 Å². The normalized spacial score (nSPS) is 11.4. The van der Waals surface area contributed by atoms with E-state index in [2.05, 4.69) is 4.98 Å². The minimum absolute atomic E-state index is 0.201. The Morgan fingerprint density at radius 2 is 1.90 bits per heavy atom. The summed E-state index contributed by atoms with van der Waals surface area (Å²) in [6, 6.07) is 13.5. The van der Waals surface area contributed by atoms with E-state index < -0.39 is 10.0 Å². The maximum atomic E-state index is 12.7. The number of halogens is 1. The van der Waals surface area contributed by atoms with E-state index in [4.69, 9.17) is 5.26 Å². The van der Waals surface area contributed by atoms with Gasteiger partial charge in [0.15, 0.2) is 5.65 Å². The number of nitrogens with zero attached hydrogens (tertiary/aromatic N) is 3. The van der Waals surface area contributed by atoms with Gasteiger partial charge in [0.2, 0.25) is 0 Å². The van der Waals surface area contributed by atoms with Crippen molar-refractivity contribution in [2.24, 2.45) is 0 Å². The highest BCUT2D eigenvalue weighted by Crippen LogP contribution is 2.25. The first kappa shape index (κ1) is 14.0. The number of pyridine rings is 1. The van der Waals surface area contributed by atoms with Crippen molar-refractivity contribution in [2.45, 2.75) is 4.90 Å². The minimum atomic E-state index is -3.71. The lowest BCUT2D eigenvalue weighted by atomic mass is 10.2. The lowest BCUT2D eigenvalue weighted by molar-refractivity contribution is 0.588. The number of rotatable bonds is 2. The molecule has 3 aromatic rings. The molecule has 0 aliphatic rings. The van der Waals surface area contributed by atoms with E-state index in [1.807, 2.05) is 28.7 Å². The van der Waals surface area contributed by atoms with Crippen LogP contribution in [0.3, 0.4) is 0 Å². The molecular weight excluding hydrogens is 401 g/mol. The SMILES string of the molecule is N#Cc1cnc2c(c1)cc(I)n2S(=O)(=O)c1ccccc1. The Balaban J connectivity index is 2.31. The predicted octanol–water partition coefficient (Wildman–Crippen LogP) is 2.75. The molecule has 3 rings (SSSR count). The monoisotopic (exact) mass is 409 g/mol. The first-order valence-corrected chi connectivity index (χ1v) is 8.43. The van der Waals surface area contributed by atoms with Crippen LogP contribution in [0.15, 0.2) is 53.6 Å². The lowest BCUT2D eigenvalue weighted by Gasteiger charge is -2.08. The number of aromatic nitrogens is 2. The van der Waals surface area contributed by atoms with Crippen molar-refractivity contribution in [2.75, 3.05) is 0 Å². The number of hydrogen-bond donors (Lipinski definition) is 0. The zero-order chi connectivity index (χ0) is 15.0. The van der Waals surface area contributed by atoms with Crippen LogP contribution in [0.5, 0.6) is 0 Å². The van der Waals surface area contributed by atoms with E-state index in [1.165, 1.54) is 10.2 Å². The lowest BCUT2D eigenvalue weighted by Crippen LogP contribution is -2.14. The second-order valence-electron chi connectivity index (χ2n) is 4.30. The van der Waals surface area contributed by atoms with Crippen molar-refractivity contribution in [3.8, 4) is 6.07 Å². The van der Waals surface area contributed by atoms with Crippen molar-refractivity contribution in [1.29, 1.82) is 5.26 Å². The molecule has 0 saturated carbocycles. The highest BCUT2D eigenvalue weighted by Gasteiger charge is 2.22. The number of fused-ring (bicyclic) bond motifs is 1. The highest BCUT2D eigenvalue weighted by atomic mass is 127. The molecule has 21 heavy (non-hydrogen) atoms. The van der Waals surface area contributed by atoms with Gasteiger partial charge in [-0.05, 0) is 46.9 Å². The summed E-state index contributed by atoms with van der Waals surface area (Å²) in [6.45, 7) is 0. The van der Waals surface area contributed by atoms with Crippen LogP contribution >= 0.6 is 22.6 Å². The van der Waals surface area contributed by atoms with Crippen LogP contribution in [0.2, 0.25) is 0 Å². The van der Waals surface area contributed by atoms with Crippen molar-refractivity contribution in [1.82, 2.24) is 8.96 Å². The summed E-state index contributed by atoms with van der Waals surface area (Å²) in [5.41, 5.74) is 0.718. The van der Waals surface area contributed by atoms with Gasteiger partial charge in [-0.2, -0.15) is 5.26 Å². The molecule has 0 bridgehead atoms. The molecule has 0 saturated heterocycles. The zero-order valence-corrected chi connectivity index (χ0v) is 13.5. The first-order valence-electron chi connectivity index (χ1n) is 5.92. The van der Waals surface area contributed by atoms with Gasteiger partial charge < -0.3 is 0 Å². The molecule has 104 valence electrons. The zero-order valence-electron chi connectivity index (χ0n) is 10.6. The fraction of sp³-hybridized carbons (Fsp3) is 0. The quantitative estimate of drug-likeness (QED) is 0.610. The molecule has 0 aliphatic carbocycles. The van der Waals surface area contributed by atoms with E-state index >= 15 is 0 Å². The molecule has 7 heteroatoms. The third kappa shape index (κ3) is 2.30. The average molecular weight is 409 g/mol. The molecule has 2 heterocycles. The molecule has 0 atom stereocenters. The standard InChI is InChI=1S/C14H8IN3O2S/c15-13-7-11-6-10(8-16)9-17-14(11)18(13)21(19,20)12-4-2-1-3-5-12/h1-7,9H. The molecule has 5 nitrogen and oxygen atoms in total. The van der Waals surface area contributed by atoms with E-state index in [-0.39, 0.29) is 4.90 Å². The number of hydrogen-bond acceptors (Lipinski definition) is 4. The van der Waals surface area contributed by atoms with Crippen LogP contribution in [-0.2, 0) is 10.0 Å². The Labute approximate surface area is 135 Å². The number of nitriles is 1. The van der Waals surface area contributed by atoms with Crippen LogP contribution in [-0.4, -0.2) is 17.4 Å². The topological polar surface area (TPSA) is 75.8 Å². The Morgan fingerprint density at radius 3 is 2.57 bits per heavy atom. The van der Waals surface area contributed by atoms with Crippen LogP contribution in [0.4, 0.5) is 0 Å². The fourth-order valence-corrected chi connectivity index (χ4v) is 4.74. The summed E-state index contributed by atoms with van der Waals surface area (Å²) < 4.78 is 27.2. The molecule has 2 aromatic heterocycles. The minimum Gasteiger partial charge on any atom is -0.236 e. The van der Waals surface area contributed by atoms with Gasteiger partial charge in [0.05, 0.1) is 14.2 Å². The summed E-state index contributed by atoms with van der Waals surface area (Å²) in [5, 5.41) is 9.52. The molecule has 0 radical (unpaired) electrons. The Morgan fingerprint density at radius 1 is 1.19 bits per heavy atom. The van der Waals surface area contributed by atoms with Crippen molar-refractivity contribution in [3.63, 3.8) is 0 Å². The second kappa shape index (κ2) is 5.13. The Kier molecular flexibility index (Phi) is 3.43. The molecular formula is C14H8IN3O2S. The van der Waals surface area contributed by atoms with Crippen molar-refractivity contribution < 1.29 is 8.42 Å². The van der Waals surface area contributed by atoms with Crippen LogP contribution in [0.25, 0.3) is 11.0 Å². The average Bonchev–Trinajstić information content (AvgIpc) is 2.83. The van der Waals surface area contributed by atoms with E-state index in [1.54, 1.807) is 42.5 Å². The van der Waals surface area contributed by atoms with Gasteiger partial charge in [-0.1, -0.05) is 18.2 Å². The molecule has 0 fully saturated rings. The van der Waals surface area contributed by atoms with Gasteiger partial charge in [-0.3, -0.25) is 0 Å². The van der Waals surface area contributed by atoms with E-state index in [9.17, 15) is 8.42 Å². The molecule has 0 amide bonds. The van der Waals surface area contributed by atoms with E-state index in [0.717, 1.165) is 0 Å². The second-order valence-corrected chi connectivity index (χ2v) is 7.19. The molecule has 1 aromatic carbocycles. The summed E-state index contributed by atoms with van der Waals surface area (Å²) in [7, 11) is -3.71. The highest BCUT2D eigenvalue weighted by molar-refractivity contribution is 14.1. The van der Waals surface area contributed by atoms with E-state index in [0.29, 0.717) is 20.3 Å². The van der Waals surface area contributed by atoms with Gasteiger partial charge in [-0.25, -0.2) is 17.4 Å². The smallest absolute Gasteiger partial charge is 0.236 e. The van der Waals surface area contributed by atoms with Crippen molar-refractivity contribution >= 4 is 43.6 Å². The largest absolute Gasteiger partial charge is 0.270 e. The number of benzene rings is 1. The fourth-order valence-electron chi connectivity index (χ4n) is 2.03.